The van der Waals surface area contributed by atoms with Crippen LogP contribution < -0.4 is 10.6 Å². The first kappa shape index (κ1) is 12.8. The quantitative estimate of drug-likeness (QED) is 0.835. The summed E-state index contributed by atoms with van der Waals surface area (Å²) in [6.07, 6.45) is 0. The van der Waals surface area contributed by atoms with Gasteiger partial charge in [-0.05, 0) is 30.5 Å². The SMILES string of the molecule is Cc1c(Cl)cccc1NC(=O)NCC(C)C. The molecule has 1 aromatic rings. The molecule has 0 unspecified atom stereocenters. The van der Waals surface area contributed by atoms with E-state index in [-0.39, 0.29) is 6.03 Å². The minimum atomic E-state index is -0.195. The summed E-state index contributed by atoms with van der Waals surface area (Å²) in [6, 6.07) is 5.25. The fraction of sp³-hybridized carbons (Fsp3) is 0.417. The summed E-state index contributed by atoms with van der Waals surface area (Å²) in [4.78, 5) is 11.5. The Morgan fingerprint density at radius 3 is 2.75 bits per heavy atom. The zero-order valence-electron chi connectivity index (χ0n) is 9.80. The smallest absolute Gasteiger partial charge is 0.319 e. The van der Waals surface area contributed by atoms with Crippen LogP contribution in [-0.4, -0.2) is 12.6 Å². The lowest BCUT2D eigenvalue weighted by Gasteiger charge is -2.11. The predicted molar refractivity (Wildman–Crippen MR) is 68.0 cm³/mol. The predicted octanol–water partition coefficient (Wildman–Crippen LogP) is 3.43. The molecule has 0 saturated heterocycles. The minimum absolute atomic E-state index is 0.195. The summed E-state index contributed by atoms with van der Waals surface area (Å²) < 4.78 is 0. The van der Waals surface area contributed by atoms with Gasteiger partial charge in [-0.2, -0.15) is 0 Å². The molecule has 0 bridgehead atoms. The van der Waals surface area contributed by atoms with Crippen LogP contribution in [0.5, 0.6) is 0 Å². The van der Waals surface area contributed by atoms with Gasteiger partial charge in [0.2, 0.25) is 0 Å². The Morgan fingerprint density at radius 2 is 2.12 bits per heavy atom. The van der Waals surface area contributed by atoms with Crippen molar-refractivity contribution >= 4 is 23.3 Å². The van der Waals surface area contributed by atoms with Gasteiger partial charge in [-0.3, -0.25) is 0 Å². The fourth-order valence-electron chi connectivity index (χ4n) is 1.21. The number of halogens is 1. The molecule has 0 atom stereocenters. The molecule has 0 aliphatic carbocycles. The Morgan fingerprint density at radius 1 is 1.44 bits per heavy atom. The molecule has 2 amide bonds. The molecule has 0 heterocycles. The lowest BCUT2D eigenvalue weighted by atomic mass is 10.2. The number of hydrogen-bond donors (Lipinski definition) is 2. The highest BCUT2D eigenvalue weighted by atomic mass is 35.5. The molecule has 16 heavy (non-hydrogen) atoms. The van der Waals surface area contributed by atoms with Crippen LogP contribution in [0.4, 0.5) is 10.5 Å². The van der Waals surface area contributed by atoms with Gasteiger partial charge in [-0.15, -0.1) is 0 Å². The molecule has 0 fully saturated rings. The molecular weight excluding hydrogens is 224 g/mol. The Kier molecular flexibility index (Phi) is 4.62. The number of hydrogen-bond acceptors (Lipinski definition) is 1. The zero-order chi connectivity index (χ0) is 12.1. The van der Waals surface area contributed by atoms with Crippen LogP contribution in [-0.2, 0) is 0 Å². The van der Waals surface area contributed by atoms with E-state index in [2.05, 4.69) is 10.6 Å². The molecule has 3 nitrogen and oxygen atoms in total. The highest BCUT2D eigenvalue weighted by Gasteiger charge is 2.06. The van der Waals surface area contributed by atoms with Gasteiger partial charge in [0.25, 0.3) is 0 Å². The van der Waals surface area contributed by atoms with Crippen molar-refractivity contribution in [3.63, 3.8) is 0 Å². The van der Waals surface area contributed by atoms with E-state index in [1.165, 1.54) is 0 Å². The van der Waals surface area contributed by atoms with E-state index in [1.807, 2.05) is 32.9 Å². The van der Waals surface area contributed by atoms with Crippen molar-refractivity contribution in [2.45, 2.75) is 20.8 Å². The van der Waals surface area contributed by atoms with E-state index < -0.39 is 0 Å². The Bertz CT molecular complexity index is 377. The van der Waals surface area contributed by atoms with Crippen LogP contribution in [0.1, 0.15) is 19.4 Å². The van der Waals surface area contributed by atoms with Crippen molar-refractivity contribution < 1.29 is 4.79 Å². The molecule has 0 aliphatic heterocycles. The maximum atomic E-state index is 11.5. The summed E-state index contributed by atoms with van der Waals surface area (Å²) in [5, 5.41) is 6.21. The van der Waals surface area contributed by atoms with E-state index >= 15 is 0 Å². The summed E-state index contributed by atoms with van der Waals surface area (Å²) in [6.45, 7) is 6.63. The summed E-state index contributed by atoms with van der Waals surface area (Å²) >= 11 is 5.95. The first-order valence-corrected chi connectivity index (χ1v) is 5.68. The highest BCUT2D eigenvalue weighted by molar-refractivity contribution is 6.31. The second-order valence-electron chi connectivity index (χ2n) is 4.14. The van der Waals surface area contributed by atoms with Crippen molar-refractivity contribution in [1.82, 2.24) is 5.32 Å². The number of carbonyl (C=O) groups is 1. The lowest BCUT2D eigenvalue weighted by Crippen LogP contribution is -2.31. The number of urea groups is 1. The second kappa shape index (κ2) is 5.75. The van der Waals surface area contributed by atoms with Gasteiger partial charge in [0, 0.05) is 17.3 Å². The maximum Gasteiger partial charge on any atom is 0.319 e. The van der Waals surface area contributed by atoms with Gasteiger partial charge in [-0.25, -0.2) is 4.79 Å². The normalized spacial score (nSPS) is 10.3. The van der Waals surface area contributed by atoms with E-state index in [4.69, 9.17) is 11.6 Å². The molecule has 1 rings (SSSR count). The number of carbonyl (C=O) groups excluding carboxylic acids is 1. The van der Waals surface area contributed by atoms with Crippen LogP contribution in [0.25, 0.3) is 0 Å². The van der Waals surface area contributed by atoms with Crippen LogP contribution in [0.15, 0.2) is 18.2 Å². The lowest BCUT2D eigenvalue weighted by molar-refractivity contribution is 0.251. The van der Waals surface area contributed by atoms with E-state index in [0.717, 1.165) is 11.3 Å². The number of benzene rings is 1. The highest BCUT2D eigenvalue weighted by Crippen LogP contribution is 2.22. The molecule has 4 heteroatoms. The molecule has 0 aromatic heterocycles. The van der Waals surface area contributed by atoms with Gasteiger partial charge >= 0.3 is 6.03 Å². The molecule has 0 radical (unpaired) electrons. The standard InChI is InChI=1S/C12H17ClN2O/c1-8(2)7-14-12(16)15-11-6-4-5-10(13)9(11)3/h4-6,8H,7H2,1-3H3,(H2,14,15,16). The summed E-state index contributed by atoms with van der Waals surface area (Å²) in [7, 11) is 0. The van der Waals surface area contributed by atoms with E-state index in [0.29, 0.717) is 17.5 Å². The van der Waals surface area contributed by atoms with Crippen LogP contribution in [0.3, 0.4) is 0 Å². The van der Waals surface area contributed by atoms with Crippen molar-refractivity contribution in [1.29, 1.82) is 0 Å². The van der Waals surface area contributed by atoms with Crippen molar-refractivity contribution in [3.05, 3.63) is 28.8 Å². The first-order chi connectivity index (χ1) is 7.50. The van der Waals surface area contributed by atoms with Gasteiger partial charge in [-0.1, -0.05) is 31.5 Å². The third-order valence-corrected chi connectivity index (χ3v) is 2.60. The third kappa shape index (κ3) is 3.74. The molecule has 1 aromatic carbocycles. The Hall–Kier alpha value is -1.22. The number of nitrogens with one attached hydrogen (secondary N) is 2. The molecule has 0 aliphatic rings. The fourth-order valence-corrected chi connectivity index (χ4v) is 1.38. The molecule has 0 saturated carbocycles. The number of anilines is 1. The van der Waals surface area contributed by atoms with Crippen molar-refractivity contribution in [3.8, 4) is 0 Å². The topological polar surface area (TPSA) is 41.1 Å². The molecule has 0 spiro atoms. The van der Waals surface area contributed by atoms with Gasteiger partial charge in [0.1, 0.15) is 0 Å². The van der Waals surface area contributed by atoms with Gasteiger partial charge in [0.15, 0.2) is 0 Å². The zero-order valence-corrected chi connectivity index (χ0v) is 10.6. The first-order valence-electron chi connectivity index (χ1n) is 5.30. The minimum Gasteiger partial charge on any atom is -0.338 e. The third-order valence-electron chi connectivity index (χ3n) is 2.19. The number of rotatable bonds is 3. The van der Waals surface area contributed by atoms with Crippen LogP contribution in [0, 0.1) is 12.8 Å². The van der Waals surface area contributed by atoms with Gasteiger partial charge in [0.05, 0.1) is 0 Å². The molecule has 88 valence electrons. The maximum absolute atomic E-state index is 11.5. The van der Waals surface area contributed by atoms with E-state index in [1.54, 1.807) is 6.07 Å². The number of amides is 2. The van der Waals surface area contributed by atoms with Crippen molar-refractivity contribution in [2.24, 2.45) is 5.92 Å². The van der Waals surface area contributed by atoms with Crippen molar-refractivity contribution in [2.75, 3.05) is 11.9 Å². The largest absolute Gasteiger partial charge is 0.338 e. The van der Waals surface area contributed by atoms with E-state index in [9.17, 15) is 4.79 Å². The summed E-state index contributed by atoms with van der Waals surface area (Å²) in [5.74, 6) is 0.436. The Balaban J connectivity index is 2.59. The Labute approximate surface area is 101 Å². The molecule has 2 N–H and O–H groups in total. The average Bonchev–Trinajstić information content (AvgIpc) is 2.22. The van der Waals surface area contributed by atoms with Gasteiger partial charge < -0.3 is 10.6 Å². The van der Waals surface area contributed by atoms with Crippen LogP contribution in [0.2, 0.25) is 5.02 Å². The second-order valence-corrected chi connectivity index (χ2v) is 4.55. The average molecular weight is 241 g/mol. The van der Waals surface area contributed by atoms with Crippen LogP contribution >= 0.6 is 11.6 Å². The molecular formula is C12H17ClN2O. The summed E-state index contributed by atoms with van der Waals surface area (Å²) in [5.41, 5.74) is 1.62. The monoisotopic (exact) mass is 240 g/mol.